The summed E-state index contributed by atoms with van der Waals surface area (Å²) in [6.45, 7) is 0. The number of nitrogens with one attached hydrogen (secondary N) is 1. The first-order valence-corrected chi connectivity index (χ1v) is 6.69. The first-order chi connectivity index (χ1) is 10.9. The summed E-state index contributed by atoms with van der Waals surface area (Å²) >= 11 is 11.5. The number of hydrogen-bond donors (Lipinski definition) is 2. The topological polar surface area (TPSA) is 65.1 Å². The van der Waals surface area contributed by atoms with Crippen molar-refractivity contribution in [3.63, 3.8) is 0 Å². The van der Waals surface area contributed by atoms with Crippen LogP contribution in [0.3, 0.4) is 0 Å². The fourth-order valence-electron chi connectivity index (χ4n) is 2.15. The van der Waals surface area contributed by atoms with Crippen LogP contribution in [-0.4, -0.2) is 17.9 Å². The molecule has 1 aliphatic heterocycles. The largest absolute Gasteiger partial charge is 0.422 e. The van der Waals surface area contributed by atoms with E-state index in [0.29, 0.717) is 0 Å². The van der Waals surface area contributed by atoms with Crippen LogP contribution in [0.5, 0.6) is 0 Å². The molecule has 3 N–H and O–H groups in total. The van der Waals surface area contributed by atoms with E-state index in [1.54, 1.807) is 0 Å². The van der Waals surface area contributed by atoms with Crippen LogP contribution in [0.25, 0.3) is 0 Å². The summed E-state index contributed by atoms with van der Waals surface area (Å²) in [7, 11) is 0. The number of anilines is 1. The Labute approximate surface area is 141 Å². The van der Waals surface area contributed by atoms with Crippen molar-refractivity contribution in [1.82, 2.24) is 5.43 Å². The molecular weight excluding hydrogens is 385 g/mol. The fourth-order valence-corrected chi connectivity index (χ4v) is 2.52. The van der Waals surface area contributed by atoms with Gasteiger partial charge in [0.15, 0.2) is 0 Å². The number of nitrogens with two attached hydrogens (primary N) is 1. The molecule has 2 rings (SSSR count). The van der Waals surface area contributed by atoms with Gasteiger partial charge in [-0.1, -0.05) is 23.2 Å². The van der Waals surface area contributed by atoms with Gasteiger partial charge in [0.05, 0.1) is 10.7 Å². The van der Waals surface area contributed by atoms with Crippen molar-refractivity contribution in [3.8, 4) is 6.07 Å². The Balaban J connectivity index is 2.74. The molecule has 0 saturated heterocycles. The van der Waals surface area contributed by atoms with E-state index >= 15 is 0 Å². The molecule has 1 heterocycles. The summed E-state index contributed by atoms with van der Waals surface area (Å²) in [6, 6.07) is 4.31. The monoisotopic (exact) mass is 390 g/mol. The highest BCUT2D eigenvalue weighted by molar-refractivity contribution is 6.35. The van der Waals surface area contributed by atoms with Gasteiger partial charge in [0.25, 0.3) is 5.54 Å². The number of nitrogens with zero attached hydrogens (tertiary/aromatic N) is 2. The Hall–Kier alpha value is -1.83. The van der Waals surface area contributed by atoms with E-state index in [4.69, 9.17) is 34.2 Å². The summed E-state index contributed by atoms with van der Waals surface area (Å²) in [5.74, 6) is -1.09. The van der Waals surface area contributed by atoms with Crippen LogP contribution >= 0.6 is 23.2 Å². The Bertz CT molecular complexity index is 735. The third kappa shape index (κ3) is 2.53. The third-order valence-electron chi connectivity index (χ3n) is 3.26. The second kappa shape index (κ2) is 5.61. The van der Waals surface area contributed by atoms with Gasteiger partial charge in [-0.2, -0.15) is 37.0 Å². The van der Waals surface area contributed by atoms with Gasteiger partial charge in [0.1, 0.15) is 17.5 Å². The normalized spacial score (nSPS) is 18.0. The van der Waals surface area contributed by atoms with Crippen LogP contribution in [-0.2, 0) is 0 Å². The molecule has 12 heteroatoms. The molecule has 0 aromatic heterocycles. The van der Waals surface area contributed by atoms with Crippen molar-refractivity contribution in [2.45, 2.75) is 17.9 Å². The van der Waals surface area contributed by atoms with E-state index in [1.165, 1.54) is 11.5 Å². The van der Waals surface area contributed by atoms with Gasteiger partial charge in [0, 0.05) is 5.02 Å². The number of halogens is 8. The zero-order chi connectivity index (χ0) is 18.5. The molecule has 0 unspecified atom stereocenters. The maximum atomic E-state index is 13.3. The summed E-state index contributed by atoms with van der Waals surface area (Å²) < 4.78 is 79.7. The zero-order valence-electron chi connectivity index (χ0n) is 11.2. The Morgan fingerprint density at radius 1 is 1.12 bits per heavy atom. The van der Waals surface area contributed by atoms with Crippen molar-refractivity contribution in [3.05, 3.63) is 39.6 Å². The van der Waals surface area contributed by atoms with Gasteiger partial charge in [0.2, 0.25) is 0 Å². The minimum Gasteiger partial charge on any atom is -0.383 e. The lowest BCUT2D eigenvalue weighted by Gasteiger charge is -2.35. The highest BCUT2D eigenvalue weighted by Crippen LogP contribution is 2.51. The molecule has 0 amide bonds. The van der Waals surface area contributed by atoms with Crippen LogP contribution in [0.4, 0.5) is 32.0 Å². The van der Waals surface area contributed by atoms with Crippen LogP contribution in [0.15, 0.2) is 29.6 Å². The lowest BCUT2D eigenvalue weighted by Crippen LogP contribution is -2.67. The molecule has 0 bridgehead atoms. The van der Waals surface area contributed by atoms with E-state index in [-0.39, 0.29) is 20.7 Å². The second-order valence-corrected chi connectivity index (χ2v) is 5.50. The van der Waals surface area contributed by atoms with E-state index in [0.717, 1.165) is 18.2 Å². The predicted molar refractivity (Wildman–Crippen MR) is 73.7 cm³/mol. The molecule has 0 spiro atoms. The van der Waals surface area contributed by atoms with Gasteiger partial charge in [-0.05, 0) is 18.2 Å². The standard InChI is InChI=1S/C12H6Cl2F6N4/c13-5-1-2-7(14)8(3-5)24-9(22)6(4-21)10(23-24,11(15,16)17)12(18,19)20/h1-3,23H,22H2. The molecule has 1 aliphatic rings. The molecule has 0 aliphatic carbocycles. The average Bonchev–Trinajstić information content (AvgIpc) is 2.74. The maximum absolute atomic E-state index is 13.3. The van der Waals surface area contributed by atoms with Crippen molar-refractivity contribution in [1.29, 1.82) is 5.26 Å². The highest BCUT2D eigenvalue weighted by Gasteiger charge is 2.77. The molecular formula is C12H6Cl2F6N4. The molecule has 4 nitrogen and oxygen atoms in total. The minimum atomic E-state index is -5.90. The lowest BCUT2D eigenvalue weighted by atomic mass is 9.90. The van der Waals surface area contributed by atoms with Crippen LogP contribution in [0.1, 0.15) is 0 Å². The molecule has 0 atom stereocenters. The molecule has 0 radical (unpaired) electrons. The lowest BCUT2D eigenvalue weighted by molar-refractivity contribution is -0.290. The van der Waals surface area contributed by atoms with Crippen molar-refractivity contribution in [2.75, 3.05) is 5.01 Å². The van der Waals surface area contributed by atoms with Crippen LogP contribution < -0.4 is 16.2 Å². The first kappa shape index (κ1) is 18.5. The third-order valence-corrected chi connectivity index (χ3v) is 3.82. The summed E-state index contributed by atoms with van der Waals surface area (Å²) in [5, 5.41) is 8.87. The molecule has 0 fully saturated rings. The number of benzene rings is 1. The smallest absolute Gasteiger partial charge is 0.383 e. The van der Waals surface area contributed by atoms with Gasteiger partial charge < -0.3 is 5.73 Å². The number of hydrazine groups is 1. The SMILES string of the molecule is N#CC1=C(N)N(c2cc(Cl)ccc2Cl)NC1(C(F)(F)F)C(F)(F)F. The van der Waals surface area contributed by atoms with Crippen LogP contribution in [0, 0.1) is 11.3 Å². The summed E-state index contributed by atoms with van der Waals surface area (Å²) in [5.41, 5.74) is -0.160. The molecule has 1 aromatic carbocycles. The number of alkyl halides is 6. The summed E-state index contributed by atoms with van der Waals surface area (Å²) in [4.78, 5) is 0. The van der Waals surface area contributed by atoms with Crippen molar-refractivity contribution >= 4 is 28.9 Å². The second-order valence-electron chi connectivity index (χ2n) is 4.66. The Morgan fingerprint density at radius 2 is 1.67 bits per heavy atom. The quantitative estimate of drug-likeness (QED) is 0.714. The van der Waals surface area contributed by atoms with Crippen molar-refractivity contribution in [2.24, 2.45) is 5.73 Å². The van der Waals surface area contributed by atoms with Gasteiger partial charge >= 0.3 is 12.4 Å². The highest BCUT2D eigenvalue weighted by atomic mass is 35.5. The predicted octanol–water partition coefficient (Wildman–Crippen LogP) is 3.88. The Kier molecular flexibility index (Phi) is 4.33. The average molecular weight is 391 g/mol. The maximum Gasteiger partial charge on any atom is 0.422 e. The number of rotatable bonds is 1. The number of nitriles is 1. The Morgan fingerprint density at radius 3 is 2.08 bits per heavy atom. The van der Waals surface area contributed by atoms with E-state index in [9.17, 15) is 26.3 Å². The molecule has 1 aromatic rings. The fraction of sp³-hybridized carbons (Fsp3) is 0.250. The summed E-state index contributed by atoms with van der Waals surface area (Å²) in [6.07, 6.45) is -11.8. The van der Waals surface area contributed by atoms with Gasteiger partial charge in [-0.15, -0.1) is 0 Å². The first-order valence-electron chi connectivity index (χ1n) is 5.93. The van der Waals surface area contributed by atoms with Crippen LogP contribution in [0.2, 0.25) is 10.0 Å². The number of hydrogen-bond acceptors (Lipinski definition) is 4. The zero-order valence-corrected chi connectivity index (χ0v) is 12.7. The van der Waals surface area contributed by atoms with Gasteiger partial charge in [-0.3, -0.25) is 5.01 Å². The molecule has 0 saturated carbocycles. The van der Waals surface area contributed by atoms with E-state index < -0.39 is 29.3 Å². The van der Waals surface area contributed by atoms with E-state index in [1.807, 2.05) is 0 Å². The van der Waals surface area contributed by atoms with Gasteiger partial charge in [-0.25, -0.2) is 0 Å². The van der Waals surface area contributed by atoms with Crippen molar-refractivity contribution < 1.29 is 26.3 Å². The molecule has 24 heavy (non-hydrogen) atoms. The minimum absolute atomic E-state index is 0.0148. The molecule has 130 valence electrons. The van der Waals surface area contributed by atoms with E-state index in [2.05, 4.69) is 0 Å².